The minimum absolute atomic E-state index is 0.0698. The number of hydrogen-bond acceptors (Lipinski definition) is 7. The van der Waals surface area contributed by atoms with Crippen molar-refractivity contribution in [1.82, 2.24) is 25.1 Å². The zero-order valence-electron chi connectivity index (χ0n) is 23.1. The normalized spacial score (nSPS) is 11.8. The van der Waals surface area contributed by atoms with Crippen LogP contribution in [0.25, 0.3) is 16.6 Å². The van der Waals surface area contributed by atoms with Crippen LogP contribution in [0, 0.1) is 6.92 Å². The topological polar surface area (TPSA) is 111 Å². The summed E-state index contributed by atoms with van der Waals surface area (Å²) >= 11 is 1.22. The van der Waals surface area contributed by atoms with Gasteiger partial charge in [-0.2, -0.15) is 0 Å². The maximum absolute atomic E-state index is 13.6. The number of methoxy groups -OCH3 is 2. The number of carbonyl (C=O) groups excluding carboxylic acids is 2. The Bertz CT molecular complexity index is 1650. The second-order valence-electron chi connectivity index (χ2n) is 9.50. The molecular weight excluding hydrogens is 538 g/mol. The van der Waals surface area contributed by atoms with E-state index in [1.807, 2.05) is 90.4 Å². The number of para-hydroxylation sites is 1. The van der Waals surface area contributed by atoms with E-state index in [1.165, 1.54) is 18.9 Å². The molecule has 9 nitrogen and oxygen atoms in total. The first-order valence-corrected chi connectivity index (χ1v) is 14.1. The van der Waals surface area contributed by atoms with Gasteiger partial charge in [0.05, 0.1) is 32.4 Å². The zero-order chi connectivity index (χ0) is 28.8. The number of rotatable bonds is 11. The van der Waals surface area contributed by atoms with Crippen molar-refractivity contribution >= 4 is 34.5 Å². The number of nitrogens with zero attached hydrogens (tertiary/aromatic N) is 3. The van der Waals surface area contributed by atoms with Gasteiger partial charge >= 0.3 is 5.97 Å². The summed E-state index contributed by atoms with van der Waals surface area (Å²) in [6.45, 7) is 1.98. The van der Waals surface area contributed by atoms with Crippen molar-refractivity contribution in [2.24, 2.45) is 0 Å². The Balaban J connectivity index is 1.51. The summed E-state index contributed by atoms with van der Waals surface area (Å²) in [6.07, 6.45) is 0.706. The second kappa shape index (κ2) is 12.7. The third-order valence-electron chi connectivity index (χ3n) is 6.83. The molecule has 10 heteroatoms. The first-order valence-electron chi connectivity index (χ1n) is 13.2. The minimum Gasteiger partial charge on any atom is -0.497 e. The lowest BCUT2D eigenvalue weighted by Crippen LogP contribution is -2.33. The molecule has 0 unspecified atom stereocenters. The van der Waals surface area contributed by atoms with Gasteiger partial charge in [0, 0.05) is 22.3 Å². The van der Waals surface area contributed by atoms with E-state index in [0.717, 1.165) is 33.4 Å². The van der Waals surface area contributed by atoms with E-state index in [2.05, 4.69) is 20.5 Å². The molecule has 1 atom stereocenters. The van der Waals surface area contributed by atoms with E-state index in [-0.39, 0.29) is 24.1 Å². The fraction of sp³-hybridized carbons (Fsp3) is 0.226. The van der Waals surface area contributed by atoms with Crippen molar-refractivity contribution < 1.29 is 19.1 Å². The van der Waals surface area contributed by atoms with E-state index in [4.69, 9.17) is 9.47 Å². The number of ether oxygens (including phenoxy) is 2. The number of aromatic amines is 1. The number of amides is 1. The number of hydrogen-bond donors (Lipinski definition) is 2. The molecule has 0 aliphatic rings. The van der Waals surface area contributed by atoms with Crippen LogP contribution < -0.4 is 10.1 Å². The fourth-order valence-electron chi connectivity index (χ4n) is 4.78. The predicted molar refractivity (Wildman–Crippen MR) is 158 cm³/mol. The number of benzene rings is 3. The van der Waals surface area contributed by atoms with E-state index in [1.54, 1.807) is 7.11 Å². The van der Waals surface area contributed by atoms with E-state index in [0.29, 0.717) is 23.2 Å². The highest BCUT2D eigenvalue weighted by atomic mass is 32.2. The molecule has 0 aliphatic heterocycles. The average molecular weight is 570 g/mol. The van der Waals surface area contributed by atoms with Crippen LogP contribution >= 0.6 is 11.8 Å². The van der Waals surface area contributed by atoms with Crippen LogP contribution in [0.15, 0.2) is 84.0 Å². The van der Waals surface area contributed by atoms with Gasteiger partial charge in [-0.3, -0.25) is 14.2 Å². The number of H-pyrrole nitrogens is 1. The van der Waals surface area contributed by atoms with Crippen molar-refractivity contribution in [2.45, 2.75) is 31.0 Å². The smallest absolute Gasteiger partial charge is 0.316 e. The van der Waals surface area contributed by atoms with Gasteiger partial charge in [-0.05, 0) is 54.8 Å². The third kappa shape index (κ3) is 6.44. The molecule has 0 aliphatic carbocycles. The van der Waals surface area contributed by atoms with Crippen LogP contribution in [-0.4, -0.2) is 51.6 Å². The summed E-state index contributed by atoms with van der Waals surface area (Å²) in [6, 6.07) is 24.9. The van der Waals surface area contributed by atoms with Crippen LogP contribution in [0.2, 0.25) is 0 Å². The van der Waals surface area contributed by atoms with Crippen molar-refractivity contribution in [3.8, 4) is 11.4 Å². The lowest BCUT2D eigenvalue weighted by molar-refractivity contribution is -0.137. The van der Waals surface area contributed by atoms with E-state index < -0.39 is 6.04 Å². The number of carbonyl (C=O) groups is 2. The lowest BCUT2D eigenvalue weighted by Gasteiger charge is -2.20. The first-order chi connectivity index (χ1) is 20.0. The highest BCUT2D eigenvalue weighted by molar-refractivity contribution is 7.99. The standard InChI is InChI=1S/C31H31N5O4S/c1-20-25(24-11-7-8-12-26(24)32-20)18-28(37)33-27(17-21-9-5-4-6-10-21)30-34-35-31(41-19-29(38)40-3)36(30)22-13-15-23(39-2)16-14-22/h4-16,27,32H,17-19H2,1-3H3,(H,33,37)/t27-/m0/s1. The molecule has 210 valence electrons. The summed E-state index contributed by atoms with van der Waals surface area (Å²) in [7, 11) is 2.96. The molecule has 2 heterocycles. The number of aryl methyl sites for hydroxylation is 1. The zero-order valence-corrected chi connectivity index (χ0v) is 23.9. The molecule has 3 aromatic carbocycles. The van der Waals surface area contributed by atoms with Gasteiger partial charge in [-0.15, -0.1) is 10.2 Å². The SMILES string of the molecule is COC(=O)CSc1nnc([C@H](Cc2ccccc2)NC(=O)Cc2c(C)[nH]c3ccccc23)n1-c1ccc(OC)cc1. The molecule has 2 N–H and O–H groups in total. The van der Waals surface area contributed by atoms with Gasteiger partial charge in [0.1, 0.15) is 5.75 Å². The summed E-state index contributed by atoms with van der Waals surface area (Å²) in [5, 5.41) is 13.7. The van der Waals surface area contributed by atoms with Gasteiger partial charge in [0.2, 0.25) is 5.91 Å². The van der Waals surface area contributed by atoms with Gasteiger partial charge in [-0.25, -0.2) is 0 Å². The minimum atomic E-state index is -0.502. The molecule has 5 aromatic rings. The number of thioether (sulfide) groups is 1. The Labute approximate surface area is 242 Å². The molecule has 0 saturated carbocycles. The number of aromatic nitrogens is 4. The van der Waals surface area contributed by atoms with Crippen molar-refractivity contribution in [1.29, 1.82) is 0 Å². The van der Waals surface area contributed by atoms with Gasteiger partial charge < -0.3 is 19.8 Å². The van der Waals surface area contributed by atoms with Gasteiger partial charge in [0.25, 0.3) is 0 Å². The maximum Gasteiger partial charge on any atom is 0.316 e. The largest absolute Gasteiger partial charge is 0.497 e. The van der Waals surface area contributed by atoms with E-state index >= 15 is 0 Å². The summed E-state index contributed by atoms with van der Waals surface area (Å²) < 4.78 is 12.0. The molecule has 5 rings (SSSR count). The van der Waals surface area contributed by atoms with E-state index in [9.17, 15) is 9.59 Å². The first kappa shape index (κ1) is 28.0. The Morgan fingerprint density at radius 2 is 1.71 bits per heavy atom. The van der Waals surface area contributed by atoms with Crippen LogP contribution in [0.1, 0.15) is 28.7 Å². The van der Waals surface area contributed by atoms with Crippen LogP contribution in [0.4, 0.5) is 0 Å². The highest BCUT2D eigenvalue weighted by Crippen LogP contribution is 2.29. The summed E-state index contributed by atoms with van der Waals surface area (Å²) in [4.78, 5) is 28.9. The number of nitrogens with one attached hydrogen (secondary N) is 2. The quantitative estimate of drug-likeness (QED) is 0.171. The lowest BCUT2D eigenvalue weighted by atomic mass is 10.0. The van der Waals surface area contributed by atoms with Crippen molar-refractivity contribution in [2.75, 3.05) is 20.0 Å². The number of esters is 1. The Hall–Kier alpha value is -4.57. The van der Waals surface area contributed by atoms with Crippen LogP contribution in [0.5, 0.6) is 5.75 Å². The predicted octanol–water partition coefficient (Wildman–Crippen LogP) is 4.97. The molecule has 41 heavy (non-hydrogen) atoms. The van der Waals surface area contributed by atoms with Gasteiger partial charge in [-0.1, -0.05) is 60.3 Å². The molecule has 0 fully saturated rings. The average Bonchev–Trinajstić information content (AvgIpc) is 3.56. The summed E-state index contributed by atoms with van der Waals surface area (Å²) in [5.41, 5.74) is 4.73. The summed E-state index contributed by atoms with van der Waals surface area (Å²) in [5.74, 6) is 0.821. The highest BCUT2D eigenvalue weighted by Gasteiger charge is 2.26. The fourth-order valence-corrected chi connectivity index (χ4v) is 5.57. The molecule has 0 saturated heterocycles. The molecule has 0 radical (unpaired) electrons. The van der Waals surface area contributed by atoms with Crippen LogP contribution in [0.3, 0.4) is 0 Å². The van der Waals surface area contributed by atoms with Crippen molar-refractivity contribution in [3.05, 3.63) is 102 Å². The molecule has 2 aromatic heterocycles. The monoisotopic (exact) mass is 569 g/mol. The molecule has 0 spiro atoms. The second-order valence-corrected chi connectivity index (χ2v) is 10.4. The number of fused-ring (bicyclic) bond motifs is 1. The van der Waals surface area contributed by atoms with Crippen LogP contribution in [-0.2, 0) is 27.2 Å². The third-order valence-corrected chi connectivity index (χ3v) is 7.73. The Kier molecular flexibility index (Phi) is 8.69. The molecule has 0 bridgehead atoms. The van der Waals surface area contributed by atoms with Gasteiger partial charge in [0.15, 0.2) is 11.0 Å². The molecule has 1 amide bonds. The Morgan fingerprint density at radius 1 is 0.976 bits per heavy atom. The van der Waals surface area contributed by atoms with Crippen molar-refractivity contribution in [3.63, 3.8) is 0 Å². The Morgan fingerprint density at radius 3 is 2.44 bits per heavy atom. The molecular formula is C31H31N5O4S. The maximum atomic E-state index is 13.6.